The molecule has 2 nitrogen and oxygen atoms in total. The second-order valence-corrected chi connectivity index (χ2v) is 24.7. The van der Waals surface area contributed by atoms with Crippen molar-refractivity contribution in [2.24, 2.45) is 23.7 Å². The summed E-state index contributed by atoms with van der Waals surface area (Å²) in [5.74, 6) is 3.80. The van der Waals surface area contributed by atoms with Gasteiger partial charge in [0.1, 0.15) is 8.07 Å². The third-order valence-corrected chi connectivity index (χ3v) is 20.2. The summed E-state index contributed by atoms with van der Waals surface area (Å²) in [6, 6.07) is 67.8. The third kappa shape index (κ3) is 6.40. The van der Waals surface area contributed by atoms with Gasteiger partial charge in [0.05, 0.1) is 0 Å². The topological polar surface area (TPSA) is 6.48 Å². The van der Waals surface area contributed by atoms with Crippen molar-refractivity contribution in [2.75, 3.05) is 9.80 Å². The number of nitrogens with zero attached hydrogens (tertiary/aromatic N) is 2. The quantitative estimate of drug-likeness (QED) is 0.134. The van der Waals surface area contributed by atoms with Crippen LogP contribution in [0.1, 0.15) is 86.8 Å². The molecule has 3 heteroatoms. The van der Waals surface area contributed by atoms with E-state index in [9.17, 15) is 0 Å². The number of anilines is 6. The standard InChI is InChI=1S/C60H60N2Si/c1-63(2)58-24-13-12-21-55(58)56-22-14-23-57(59(56)63)62(51-19-10-5-11-20-51)54-35-29-47(30-36-54)60(48-38-42-37-43(40-48)41-49(60)39-42)46-27-33-53(34-28-46)61(50-17-8-4-9-18-50)52-31-25-45(26-32-52)44-15-6-3-7-16-44/h4-5,8-14,17-36,42-44,48-49H,3,6-7,15-16,37-41H2,1-2H3. The van der Waals surface area contributed by atoms with E-state index in [2.05, 4.69) is 199 Å². The van der Waals surface area contributed by atoms with Gasteiger partial charge in [-0.3, -0.25) is 0 Å². The Balaban J connectivity index is 0.943. The number of benzene rings is 7. The molecular formula is C60H60N2Si. The van der Waals surface area contributed by atoms with E-state index in [1.807, 2.05) is 0 Å². The van der Waals surface area contributed by atoms with Gasteiger partial charge in [0.15, 0.2) is 0 Å². The van der Waals surface area contributed by atoms with Crippen molar-refractivity contribution >= 4 is 52.6 Å². The molecule has 0 unspecified atom stereocenters. The summed E-state index contributed by atoms with van der Waals surface area (Å²) in [6.07, 6.45) is 13.6. The van der Waals surface area contributed by atoms with Crippen molar-refractivity contribution in [1.82, 2.24) is 0 Å². The second kappa shape index (κ2) is 15.6. The van der Waals surface area contributed by atoms with E-state index in [4.69, 9.17) is 0 Å². The molecule has 0 atom stereocenters. The lowest BCUT2D eigenvalue weighted by atomic mass is 9.42. The fraction of sp³-hybridized carbons (Fsp3) is 0.300. The molecule has 0 amide bonds. The maximum Gasteiger partial charge on any atom is 0.116 e. The number of fused-ring (bicyclic) bond motifs is 3. The molecule has 7 aromatic rings. The fourth-order valence-corrected chi connectivity index (χ4v) is 17.6. The SMILES string of the molecule is C[Si]1(C)c2ccccc2-c2cccc(N(c3ccccc3)c3ccc(C4(c5ccc(N(c6ccccc6)c6ccc(C7CCCCC7)cc6)cc5)C5CC6CC(C5)CC4C6)cc3)c21. The zero-order chi connectivity index (χ0) is 42.1. The minimum Gasteiger partial charge on any atom is -0.311 e. The molecule has 0 N–H and O–H groups in total. The van der Waals surface area contributed by atoms with E-state index in [1.54, 1.807) is 10.4 Å². The van der Waals surface area contributed by atoms with Crippen LogP contribution in [0.15, 0.2) is 176 Å². The van der Waals surface area contributed by atoms with Crippen LogP contribution < -0.4 is 20.2 Å². The summed E-state index contributed by atoms with van der Waals surface area (Å²) < 4.78 is 0. The minimum absolute atomic E-state index is 0.00578. The van der Waals surface area contributed by atoms with Gasteiger partial charge in [-0.15, -0.1) is 0 Å². The predicted octanol–water partition coefficient (Wildman–Crippen LogP) is 15.2. The zero-order valence-electron chi connectivity index (χ0n) is 37.1. The molecule has 5 aliphatic carbocycles. The van der Waals surface area contributed by atoms with E-state index in [0.717, 1.165) is 11.8 Å². The Kier molecular flexibility index (Phi) is 9.63. The number of para-hydroxylation sites is 2. The van der Waals surface area contributed by atoms with E-state index in [0.29, 0.717) is 17.8 Å². The monoisotopic (exact) mass is 836 g/mol. The first-order valence-corrected chi connectivity index (χ1v) is 27.2. The van der Waals surface area contributed by atoms with Crippen LogP contribution in [0, 0.1) is 23.7 Å². The maximum absolute atomic E-state index is 2.56. The van der Waals surface area contributed by atoms with Crippen LogP contribution in [0.25, 0.3) is 11.1 Å². The van der Waals surface area contributed by atoms with E-state index in [-0.39, 0.29) is 5.41 Å². The molecular weight excluding hydrogens is 777 g/mol. The highest BCUT2D eigenvalue weighted by Crippen LogP contribution is 2.65. The first kappa shape index (κ1) is 39.0. The Hall–Kier alpha value is -5.64. The molecule has 1 aliphatic heterocycles. The number of hydrogen-bond acceptors (Lipinski definition) is 2. The molecule has 6 aliphatic rings. The highest BCUT2D eigenvalue weighted by atomic mass is 28.3. The molecule has 314 valence electrons. The molecule has 5 fully saturated rings. The van der Waals surface area contributed by atoms with E-state index in [1.165, 1.54) is 126 Å². The summed E-state index contributed by atoms with van der Waals surface area (Å²) in [4.78, 5) is 5.02. The van der Waals surface area contributed by atoms with Crippen molar-refractivity contribution in [3.63, 3.8) is 0 Å². The molecule has 13 rings (SSSR count). The van der Waals surface area contributed by atoms with Crippen molar-refractivity contribution in [1.29, 1.82) is 0 Å². The molecule has 0 saturated heterocycles. The van der Waals surface area contributed by atoms with Gasteiger partial charge < -0.3 is 9.80 Å². The number of hydrogen-bond donors (Lipinski definition) is 0. The van der Waals surface area contributed by atoms with E-state index < -0.39 is 8.07 Å². The zero-order valence-corrected chi connectivity index (χ0v) is 38.1. The fourth-order valence-electron chi connectivity index (χ4n) is 14.2. The van der Waals surface area contributed by atoms with Crippen molar-refractivity contribution in [3.05, 3.63) is 193 Å². The van der Waals surface area contributed by atoms with Gasteiger partial charge >= 0.3 is 0 Å². The normalized spacial score (nSPS) is 24.2. The summed E-state index contributed by atoms with van der Waals surface area (Å²) in [7, 11) is -1.98. The summed E-state index contributed by atoms with van der Waals surface area (Å²) in [6.45, 7) is 5.09. The predicted molar refractivity (Wildman–Crippen MR) is 268 cm³/mol. The molecule has 0 aromatic heterocycles. The molecule has 63 heavy (non-hydrogen) atoms. The van der Waals surface area contributed by atoms with Gasteiger partial charge in [-0.25, -0.2) is 0 Å². The molecule has 0 radical (unpaired) electrons. The first-order chi connectivity index (χ1) is 31.0. The summed E-state index contributed by atoms with van der Waals surface area (Å²) in [5, 5.41) is 3.09. The Morgan fingerprint density at radius 1 is 0.429 bits per heavy atom. The lowest BCUT2D eigenvalue weighted by molar-refractivity contribution is -0.0418. The Bertz CT molecular complexity index is 2700. The molecule has 0 spiro atoms. The van der Waals surface area contributed by atoms with Crippen molar-refractivity contribution in [3.8, 4) is 11.1 Å². The molecule has 1 heterocycles. The van der Waals surface area contributed by atoms with Gasteiger partial charge in [0, 0.05) is 39.5 Å². The van der Waals surface area contributed by atoms with Crippen molar-refractivity contribution < 1.29 is 0 Å². The Morgan fingerprint density at radius 3 is 1.49 bits per heavy atom. The van der Waals surface area contributed by atoms with Crippen LogP contribution in [0.2, 0.25) is 13.1 Å². The van der Waals surface area contributed by atoms with E-state index >= 15 is 0 Å². The third-order valence-electron chi connectivity index (χ3n) is 16.7. The highest BCUT2D eigenvalue weighted by molar-refractivity contribution is 7.04. The first-order valence-electron chi connectivity index (χ1n) is 24.2. The smallest absolute Gasteiger partial charge is 0.116 e. The lowest BCUT2D eigenvalue weighted by Crippen LogP contribution is -2.56. The van der Waals surface area contributed by atoms with Crippen LogP contribution in [-0.4, -0.2) is 8.07 Å². The molecule has 5 saturated carbocycles. The highest BCUT2D eigenvalue weighted by Gasteiger charge is 2.58. The second-order valence-electron chi connectivity index (χ2n) is 20.4. The average Bonchev–Trinajstić information content (AvgIpc) is 3.57. The minimum atomic E-state index is -1.98. The van der Waals surface area contributed by atoms with Gasteiger partial charge in [0.25, 0.3) is 0 Å². The van der Waals surface area contributed by atoms with Gasteiger partial charge in [-0.05, 0) is 179 Å². The van der Waals surface area contributed by atoms with Crippen LogP contribution in [0.4, 0.5) is 34.1 Å². The van der Waals surface area contributed by atoms with Gasteiger partial charge in [0.2, 0.25) is 0 Å². The maximum atomic E-state index is 2.56. The van der Waals surface area contributed by atoms with Crippen LogP contribution >= 0.6 is 0 Å². The summed E-state index contributed by atoms with van der Waals surface area (Å²) in [5.41, 5.74) is 14.8. The van der Waals surface area contributed by atoms with Crippen molar-refractivity contribution in [2.45, 2.75) is 88.6 Å². The lowest BCUT2D eigenvalue weighted by Gasteiger charge is -2.62. The number of rotatable bonds is 9. The van der Waals surface area contributed by atoms with Crippen LogP contribution in [0.3, 0.4) is 0 Å². The Labute approximate surface area is 376 Å². The Morgan fingerprint density at radius 2 is 0.905 bits per heavy atom. The largest absolute Gasteiger partial charge is 0.311 e. The molecule has 7 aromatic carbocycles. The molecule has 4 bridgehead atoms. The average molecular weight is 837 g/mol. The summed E-state index contributed by atoms with van der Waals surface area (Å²) >= 11 is 0. The van der Waals surface area contributed by atoms with Gasteiger partial charge in [-0.2, -0.15) is 0 Å². The van der Waals surface area contributed by atoms with Crippen LogP contribution in [0.5, 0.6) is 0 Å². The van der Waals surface area contributed by atoms with Gasteiger partial charge in [-0.1, -0.05) is 142 Å². The van der Waals surface area contributed by atoms with Crippen LogP contribution in [-0.2, 0) is 5.41 Å².